The zero-order valence-electron chi connectivity index (χ0n) is 6.48. The van der Waals surface area contributed by atoms with Crippen LogP contribution < -0.4 is 4.74 Å². The van der Waals surface area contributed by atoms with Crippen molar-refractivity contribution >= 4 is 17.6 Å². The molecular weight excluding hydrogens is 196 g/mol. The van der Waals surface area contributed by atoms with E-state index in [1.165, 1.54) is 12.1 Å². The second kappa shape index (κ2) is 3.74. The average Bonchev–Trinajstić information content (AvgIpc) is 2.04. The van der Waals surface area contributed by atoms with E-state index >= 15 is 0 Å². The zero-order chi connectivity index (χ0) is 9.90. The van der Waals surface area contributed by atoms with Gasteiger partial charge in [-0.1, -0.05) is 18.2 Å². The van der Waals surface area contributed by atoms with Crippen molar-refractivity contribution in [3.05, 3.63) is 30.3 Å². The molecule has 0 amide bonds. The van der Waals surface area contributed by atoms with Gasteiger partial charge in [-0.2, -0.15) is 0 Å². The second-order valence-electron chi connectivity index (χ2n) is 2.29. The van der Waals surface area contributed by atoms with Crippen molar-refractivity contribution in [1.82, 2.24) is 0 Å². The van der Waals surface area contributed by atoms with E-state index in [-0.39, 0.29) is 5.75 Å². The molecular formula is C8H7ClO4. The van der Waals surface area contributed by atoms with Crippen LogP contribution in [0.4, 0.5) is 0 Å². The fourth-order valence-corrected chi connectivity index (χ4v) is 0.699. The van der Waals surface area contributed by atoms with Crippen LogP contribution in [0.25, 0.3) is 0 Å². The Labute approximate surface area is 79.3 Å². The molecule has 1 aromatic rings. The van der Waals surface area contributed by atoms with Crippen LogP contribution in [0.2, 0.25) is 0 Å². The largest absolute Gasteiger partial charge is 0.422 e. The van der Waals surface area contributed by atoms with E-state index < -0.39 is 11.2 Å². The van der Waals surface area contributed by atoms with E-state index in [0.717, 1.165) is 0 Å². The molecule has 1 rings (SSSR count). The molecule has 0 saturated carbocycles. The SMILES string of the molecule is O=C(Oc1ccccc1)C(O)(O)Cl. The van der Waals surface area contributed by atoms with Gasteiger partial charge in [0.1, 0.15) is 5.75 Å². The molecule has 0 unspecified atom stereocenters. The lowest BCUT2D eigenvalue weighted by Gasteiger charge is -2.11. The van der Waals surface area contributed by atoms with Crippen LogP contribution in [0.1, 0.15) is 0 Å². The first-order valence-electron chi connectivity index (χ1n) is 3.41. The summed E-state index contributed by atoms with van der Waals surface area (Å²) in [4.78, 5) is 10.8. The van der Waals surface area contributed by atoms with Crippen molar-refractivity contribution in [2.24, 2.45) is 0 Å². The third-order valence-corrected chi connectivity index (χ3v) is 1.37. The van der Waals surface area contributed by atoms with Crippen molar-refractivity contribution in [3.8, 4) is 5.75 Å². The predicted molar refractivity (Wildman–Crippen MR) is 45.1 cm³/mol. The third-order valence-electron chi connectivity index (χ3n) is 1.21. The maximum atomic E-state index is 10.8. The Hall–Kier alpha value is -1.10. The number of rotatable bonds is 2. The van der Waals surface area contributed by atoms with Gasteiger partial charge in [-0.05, 0) is 23.7 Å². The number of esters is 1. The lowest BCUT2D eigenvalue weighted by atomic mass is 10.3. The Balaban J connectivity index is 2.66. The summed E-state index contributed by atoms with van der Waals surface area (Å²) >= 11 is 4.87. The van der Waals surface area contributed by atoms with Gasteiger partial charge in [0.05, 0.1) is 0 Å². The Morgan fingerprint density at radius 2 is 1.85 bits per heavy atom. The van der Waals surface area contributed by atoms with Gasteiger partial charge in [-0.15, -0.1) is 0 Å². The molecule has 13 heavy (non-hydrogen) atoms. The summed E-state index contributed by atoms with van der Waals surface area (Å²) in [6, 6.07) is 7.96. The number of carbonyl (C=O) groups is 1. The highest BCUT2D eigenvalue weighted by atomic mass is 35.5. The first-order chi connectivity index (χ1) is 6.00. The number of alkyl halides is 1. The molecule has 0 bridgehead atoms. The van der Waals surface area contributed by atoms with Gasteiger partial charge in [-0.3, -0.25) is 0 Å². The molecule has 2 N–H and O–H groups in total. The van der Waals surface area contributed by atoms with Gasteiger partial charge >= 0.3 is 11.2 Å². The summed E-state index contributed by atoms with van der Waals surface area (Å²) < 4.78 is 4.51. The smallest absolute Gasteiger partial charge is 0.389 e. The number of halogens is 1. The van der Waals surface area contributed by atoms with E-state index in [9.17, 15) is 4.79 Å². The summed E-state index contributed by atoms with van der Waals surface area (Å²) in [6.45, 7) is 0. The van der Waals surface area contributed by atoms with Gasteiger partial charge in [-0.25, -0.2) is 4.79 Å². The molecule has 5 heteroatoms. The summed E-state index contributed by atoms with van der Waals surface area (Å²) in [5.41, 5.74) is 0. The number of carbonyl (C=O) groups excluding carboxylic acids is 1. The molecule has 1 aromatic carbocycles. The standard InChI is InChI=1S/C8H7ClO4/c9-8(11,12)7(10)13-6-4-2-1-3-5-6/h1-5,11-12H. The topological polar surface area (TPSA) is 66.8 Å². The average molecular weight is 203 g/mol. The molecule has 0 heterocycles. The Morgan fingerprint density at radius 1 is 1.31 bits per heavy atom. The van der Waals surface area contributed by atoms with E-state index in [2.05, 4.69) is 4.74 Å². The monoisotopic (exact) mass is 202 g/mol. The summed E-state index contributed by atoms with van der Waals surface area (Å²) in [5.74, 6) is -1.14. The van der Waals surface area contributed by atoms with E-state index in [1.54, 1.807) is 18.2 Å². The maximum Gasteiger partial charge on any atom is 0.389 e. The van der Waals surface area contributed by atoms with Crippen LogP contribution in [0.5, 0.6) is 5.75 Å². The van der Waals surface area contributed by atoms with Crippen LogP contribution >= 0.6 is 11.6 Å². The molecule has 0 aliphatic heterocycles. The molecule has 70 valence electrons. The molecule has 0 saturated heterocycles. The zero-order valence-corrected chi connectivity index (χ0v) is 7.23. The highest BCUT2D eigenvalue weighted by molar-refractivity contribution is 6.31. The second-order valence-corrected chi connectivity index (χ2v) is 2.82. The molecule has 0 spiro atoms. The van der Waals surface area contributed by atoms with Gasteiger partial charge in [0.2, 0.25) is 0 Å². The minimum absolute atomic E-state index is 0.195. The molecule has 0 fully saturated rings. The predicted octanol–water partition coefficient (Wildman–Crippen LogP) is 0.469. The number of hydrogen-bond donors (Lipinski definition) is 2. The summed E-state index contributed by atoms with van der Waals surface area (Å²) in [5, 5.41) is 14.2. The third kappa shape index (κ3) is 3.02. The summed E-state index contributed by atoms with van der Waals surface area (Å²) in [6.07, 6.45) is 0. The van der Waals surface area contributed by atoms with Gasteiger partial charge in [0.25, 0.3) is 0 Å². The number of hydrogen-bond acceptors (Lipinski definition) is 4. The number of benzene rings is 1. The maximum absolute atomic E-state index is 10.8. The highest BCUT2D eigenvalue weighted by Gasteiger charge is 2.32. The fourth-order valence-electron chi connectivity index (χ4n) is 0.661. The minimum Gasteiger partial charge on any atom is -0.422 e. The Kier molecular flexibility index (Phi) is 2.87. The Bertz CT molecular complexity index is 291. The van der Waals surface area contributed by atoms with Crippen molar-refractivity contribution in [1.29, 1.82) is 0 Å². The number of para-hydroxylation sites is 1. The van der Waals surface area contributed by atoms with Crippen LogP contribution in [0.15, 0.2) is 30.3 Å². The van der Waals surface area contributed by atoms with E-state index in [4.69, 9.17) is 21.8 Å². The quantitative estimate of drug-likeness (QED) is 0.317. The number of aliphatic hydroxyl groups is 2. The Morgan fingerprint density at radius 3 is 2.31 bits per heavy atom. The molecule has 0 radical (unpaired) electrons. The normalized spacial score (nSPS) is 11.0. The number of ether oxygens (including phenoxy) is 1. The van der Waals surface area contributed by atoms with Gasteiger partial charge < -0.3 is 14.9 Å². The molecule has 0 atom stereocenters. The van der Waals surface area contributed by atoms with E-state index in [1.807, 2.05) is 0 Å². The van der Waals surface area contributed by atoms with Crippen molar-refractivity contribution < 1.29 is 19.7 Å². The van der Waals surface area contributed by atoms with Crippen molar-refractivity contribution in [2.45, 2.75) is 5.25 Å². The highest BCUT2D eigenvalue weighted by Crippen LogP contribution is 2.14. The lowest BCUT2D eigenvalue weighted by Crippen LogP contribution is -2.35. The molecule has 0 aromatic heterocycles. The lowest BCUT2D eigenvalue weighted by molar-refractivity contribution is -0.173. The van der Waals surface area contributed by atoms with Crippen molar-refractivity contribution in [3.63, 3.8) is 0 Å². The first-order valence-corrected chi connectivity index (χ1v) is 3.79. The molecule has 0 aliphatic rings. The van der Waals surface area contributed by atoms with Crippen molar-refractivity contribution in [2.75, 3.05) is 0 Å². The molecule has 4 nitrogen and oxygen atoms in total. The first kappa shape index (κ1) is 9.98. The van der Waals surface area contributed by atoms with Crippen LogP contribution in [0, 0.1) is 0 Å². The summed E-state index contributed by atoms with van der Waals surface area (Å²) in [7, 11) is 0. The van der Waals surface area contributed by atoms with Crippen LogP contribution in [-0.2, 0) is 4.79 Å². The van der Waals surface area contributed by atoms with Gasteiger partial charge in [0, 0.05) is 0 Å². The van der Waals surface area contributed by atoms with E-state index in [0.29, 0.717) is 0 Å². The molecule has 0 aliphatic carbocycles. The fraction of sp³-hybridized carbons (Fsp3) is 0.125. The minimum atomic E-state index is -2.98. The van der Waals surface area contributed by atoms with Crippen LogP contribution in [-0.4, -0.2) is 21.4 Å². The van der Waals surface area contributed by atoms with Gasteiger partial charge in [0.15, 0.2) is 0 Å². The van der Waals surface area contributed by atoms with Crippen LogP contribution in [0.3, 0.4) is 0 Å².